The fraction of sp³-hybridized carbons (Fsp3) is 0.333. The third-order valence-corrected chi connectivity index (χ3v) is 3.60. The summed E-state index contributed by atoms with van der Waals surface area (Å²) in [6.45, 7) is 1.37. The number of aliphatic hydroxyl groups is 1. The lowest BCUT2D eigenvalue weighted by atomic mass is 10.0. The molecule has 0 saturated heterocycles. The minimum Gasteiger partial charge on any atom is -0.390 e. The molecule has 4 N–H and O–H groups in total. The molecule has 0 amide bonds. The lowest BCUT2D eigenvalue weighted by molar-refractivity contribution is 0.142. The minimum absolute atomic E-state index is 0. The minimum atomic E-state index is -0.527. The zero-order chi connectivity index (χ0) is 14.9. The number of hydrogen-bond acceptors (Lipinski definition) is 3. The van der Waals surface area contributed by atoms with Crippen molar-refractivity contribution in [3.8, 4) is 0 Å². The van der Waals surface area contributed by atoms with Crippen LogP contribution in [0.15, 0.2) is 60.7 Å². The van der Waals surface area contributed by atoms with E-state index >= 15 is 0 Å². The van der Waals surface area contributed by atoms with E-state index in [0.29, 0.717) is 13.0 Å². The molecule has 0 heterocycles. The van der Waals surface area contributed by atoms with E-state index in [1.807, 2.05) is 48.5 Å². The van der Waals surface area contributed by atoms with Crippen molar-refractivity contribution >= 4 is 24.8 Å². The van der Waals surface area contributed by atoms with Crippen LogP contribution in [0.3, 0.4) is 0 Å². The summed E-state index contributed by atoms with van der Waals surface area (Å²) >= 11 is 0. The molecule has 3 nitrogen and oxygen atoms in total. The van der Waals surface area contributed by atoms with E-state index in [-0.39, 0.29) is 30.9 Å². The van der Waals surface area contributed by atoms with Crippen LogP contribution in [0.1, 0.15) is 11.1 Å². The van der Waals surface area contributed by atoms with Gasteiger partial charge in [-0.3, -0.25) is 0 Å². The van der Waals surface area contributed by atoms with Crippen molar-refractivity contribution in [2.45, 2.75) is 25.0 Å². The Balaban J connectivity index is 0.00000242. The number of rotatable bonds is 8. The average Bonchev–Trinajstić information content (AvgIpc) is 2.53. The molecule has 0 aliphatic carbocycles. The summed E-state index contributed by atoms with van der Waals surface area (Å²) in [5.41, 5.74) is 8.51. The van der Waals surface area contributed by atoms with Crippen LogP contribution in [0, 0.1) is 0 Å². The maximum atomic E-state index is 10.1. The molecule has 0 unspecified atom stereocenters. The van der Waals surface area contributed by atoms with E-state index in [9.17, 15) is 5.11 Å². The molecule has 0 radical (unpaired) electrons. The van der Waals surface area contributed by atoms with Gasteiger partial charge < -0.3 is 16.2 Å². The Bertz CT molecular complexity index is 511. The highest BCUT2D eigenvalue weighted by molar-refractivity contribution is 5.85. The van der Waals surface area contributed by atoms with Gasteiger partial charge in [0.05, 0.1) is 6.10 Å². The maximum absolute atomic E-state index is 10.1. The first kappa shape index (κ1) is 21.9. The van der Waals surface area contributed by atoms with Gasteiger partial charge in [0, 0.05) is 12.6 Å². The molecule has 2 aromatic rings. The Morgan fingerprint density at radius 3 is 1.96 bits per heavy atom. The fourth-order valence-electron chi connectivity index (χ4n) is 2.30. The van der Waals surface area contributed by atoms with E-state index in [4.69, 9.17) is 5.73 Å². The Labute approximate surface area is 151 Å². The molecule has 0 fully saturated rings. The monoisotopic (exact) mass is 356 g/mol. The topological polar surface area (TPSA) is 58.3 Å². The molecule has 23 heavy (non-hydrogen) atoms. The predicted molar refractivity (Wildman–Crippen MR) is 102 cm³/mol. The van der Waals surface area contributed by atoms with Gasteiger partial charge >= 0.3 is 0 Å². The zero-order valence-corrected chi connectivity index (χ0v) is 14.7. The quantitative estimate of drug-likeness (QED) is 0.637. The summed E-state index contributed by atoms with van der Waals surface area (Å²) in [7, 11) is 0. The van der Waals surface area contributed by atoms with Gasteiger partial charge in [-0.2, -0.15) is 0 Å². The molecule has 0 saturated carbocycles. The second-order valence-corrected chi connectivity index (χ2v) is 5.36. The first-order valence-electron chi connectivity index (χ1n) is 7.48. The van der Waals surface area contributed by atoms with Crippen LogP contribution in [0.25, 0.3) is 0 Å². The summed E-state index contributed by atoms with van der Waals surface area (Å²) in [4.78, 5) is 0. The SMILES string of the molecule is Cl.Cl.N[C@H](Cc1ccccc1)[C@@H](O)CNCCc1ccccc1. The third kappa shape index (κ3) is 8.35. The number of nitrogens with two attached hydrogens (primary N) is 1. The Kier molecular flexibility index (Phi) is 11.7. The lowest BCUT2D eigenvalue weighted by Crippen LogP contribution is -2.43. The van der Waals surface area contributed by atoms with Crippen molar-refractivity contribution in [2.75, 3.05) is 13.1 Å². The standard InChI is InChI=1S/C18H24N2O.2ClH/c19-17(13-16-9-5-2-6-10-16)18(21)14-20-12-11-15-7-3-1-4-8-15;;/h1-10,17-18,20-21H,11-14,19H2;2*1H/t17-,18+;;/m1../s1. The zero-order valence-electron chi connectivity index (χ0n) is 13.1. The average molecular weight is 357 g/mol. The van der Waals surface area contributed by atoms with Crippen LogP contribution in [0.2, 0.25) is 0 Å². The number of nitrogens with one attached hydrogen (secondary N) is 1. The lowest BCUT2D eigenvalue weighted by Gasteiger charge is -2.19. The van der Waals surface area contributed by atoms with Crippen LogP contribution in [-0.4, -0.2) is 30.3 Å². The molecule has 128 valence electrons. The van der Waals surface area contributed by atoms with Gasteiger partial charge in [-0.1, -0.05) is 60.7 Å². The molecule has 5 heteroatoms. The van der Waals surface area contributed by atoms with Gasteiger partial charge in [0.1, 0.15) is 0 Å². The summed E-state index contributed by atoms with van der Waals surface area (Å²) < 4.78 is 0. The number of hydrogen-bond donors (Lipinski definition) is 3. The van der Waals surface area contributed by atoms with Crippen molar-refractivity contribution < 1.29 is 5.11 Å². The van der Waals surface area contributed by atoms with Crippen LogP contribution in [-0.2, 0) is 12.8 Å². The van der Waals surface area contributed by atoms with Crippen molar-refractivity contribution in [3.05, 3.63) is 71.8 Å². The molecule has 2 atom stereocenters. The first-order chi connectivity index (χ1) is 10.3. The molecule has 0 spiro atoms. The van der Waals surface area contributed by atoms with Crippen LogP contribution in [0.4, 0.5) is 0 Å². The molecule has 0 aliphatic rings. The summed E-state index contributed by atoms with van der Waals surface area (Å²) in [6.07, 6.45) is 1.13. The fourth-order valence-corrected chi connectivity index (χ4v) is 2.30. The third-order valence-electron chi connectivity index (χ3n) is 3.60. The van der Waals surface area contributed by atoms with Crippen LogP contribution < -0.4 is 11.1 Å². The second-order valence-electron chi connectivity index (χ2n) is 5.36. The van der Waals surface area contributed by atoms with Crippen LogP contribution in [0.5, 0.6) is 0 Å². The van der Waals surface area contributed by atoms with E-state index in [0.717, 1.165) is 18.5 Å². The normalized spacial score (nSPS) is 12.6. The van der Waals surface area contributed by atoms with Gasteiger partial charge in [0.2, 0.25) is 0 Å². The largest absolute Gasteiger partial charge is 0.390 e. The highest BCUT2D eigenvalue weighted by Gasteiger charge is 2.14. The van der Waals surface area contributed by atoms with Gasteiger partial charge in [-0.15, -0.1) is 24.8 Å². The van der Waals surface area contributed by atoms with Crippen molar-refractivity contribution in [2.24, 2.45) is 5.73 Å². The molecule has 0 bridgehead atoms. The maximum Gasteiger partial charge on any atom is 0.0818 e. The summed E-state index contributed by atoms with van der Waals surface area (Å²) in [5, 5.41) is 13.4. The van der Waals surface area contributed by atoms with E-state index in [1.165, 1.54) is 5.56 Å². The summed E-state index contributed by atoms with van der Waals surface area (Å²) in [6, 6.07) is 20.1. The van der Waals surface area contributed by atoms with Gasteiger partial charge in [-0.05, 0) is 30.5 Å². The van der Waals surface area contributed by atoms with Crippen molar-refractivity contribution in [3.63, 3.8) is 0 Å². The molecular formula is C18H26Cl2N2O. The number of benzene rings is 2. The Hall–Kier alpha value is -1.10. The van der Waals surface area contributed by atoms with Crippen molar-refractivity contribution in [1.29, 1.82) is 0 Å². The highest BCUT2D eigenvalue weighted by atomic mass is 35.5. The smallest absolute Gasteiger partial charge is 0.0818 e. The Morgan fingerprint density at radius 1 is 0.870 bits per heavy atom. The second kappa shape index (κ2) is 12.3. The van der Waals surface area contributed by atoms with E-state index in [2.05, 4.69) is 17.4 Å². The molecule has 2 rings (SSSR count). The van der Waals surface area contributed by atoms with Gasteiger partial charge in [0.25, 0.3) is 0 Å². The highest BCUT2D eigenvalue weighted by Crippen LogP contribution is 2.04. The van der Waals surface area contributed by atoms with Gasteiger partial charge in [-0.25, -0.2) is 0 Å². The van der Waals surface area contributed by atoms with E-state index < -0.39 is 6.10 Å². The first-order valence-corrected chi connectivity index (χ1v) is 7.48. The van der Waals surface area contributed by atoms with E-state index in [1.54, 1.807) is 0 Å². The Morgan fingerprint density at radius 2 is 1.39 bits per heavy atom. The number of aliphatic hydroxyl groups excluding tert-OH is 1. The van der Waals surface area contributed by atoms with Crippen molar-refractivity contribution in [1.82, 2.24) is 5.32 Å². The molecule has 0 aliphatic heterocycles. The molecule has 0 aromatic heterocycles. The number of halogens is 2. The molecule has 2 aromatic carbocycles. The van der Waals surface area contributed by atoms with Crippen LogP contribution >= 0.6 is 24.8 Å². The molecular weight excluding hydrogens is 331 g/mol. The van der Waals surface area contributed by atoms with Gasteiger partial charge in [0.15, 0.2) is 0 Å². The summed E-state index contributed by atoms with van der Waals surface area (Å²) in [5.74, 6) is 0. The predicted octanol–water partition coefficient (Wildman–Crippen LogP) is 2.59.